The predicted molar refractivity (Wildman–Crippen MR) is 101 cm³/mol. The van der Waals surface area contributed by atoms with Crippen molar-refractivity contribution in [2.45, 2.75) is 20.4 Å². The molecule has 8 nitrogen and oxygen atoms in total. The number of thiocarbonyl (C=S) groups is 1. The van der Waals surface area contributed by atoms with Gasteiger partial charge < -0.3 is 24.7 Å². The second kappa shape index (κ2) is 9.52. The van der Waals surface area contributed by atoms with Crippen LogP contribution in [0.25, 0.3) is 0 Å². The number of esters is 2. The van der Waals surface area contributed by atoms with Gasteiger partial charge in [0, 0.05) is 5.69 Å². The summed E-state index contributed by atoms with van der Waals surface area (Å²) in [5, 5.41) is 6.10. The highest BCUT2D eigenvalue weighted by atomic mass is 32.1. The van der Waals surface area contributed by atoms with E-state index in [1.807, 2.05) is 30.3 Å². The summed E-state index contributed by atoms with van der Waals surface area (Å²) < 4.78 is 11.3. The lowest BCUT2D eigenvalue weighted by Crippen LogP contribution is -2.23. The Hall–Kier alpha value is -2.94. The molecular formula is C17H20N4O4S. The largest absolute Gasteiger partial charge is 0.465 e. The minimum atomic E-state index is -0.612. The van der Waals surface area contributed by atoms with Gasteiger partial charge in [0.1, 0.15) is 6.54 Å². The molecule has 1 aromatic carbocycles. The van der Waals surface area contributed by atoms with Crippen LogP contribution in [-0.4, -0.2) is 39.8 Å². The molecule has 1 heterocycles. The first-order valence-corrected chi connectivity index (χ1v) is 8.46. The molecule has 1 aromatic heterocycles. The number of nitrogens with one attached hydrogen (secondary N) is 2. The summed E-state index contributed by atoms with van der Waals surface area (Å²) in [7, 11) is 0. The zero-order chi connectivity index (χ0) is 18.9. The maximum absolute atomic E-state index is 12.3. The number of ether oxygens (including phenoxy) is 2. The van der Waals surface area contributed by atoms with E-state index in [9.17, 15) is 9.59 Å². The Kier molecular flexibility index (Phi) is 7.10. The number of hydrogen-bond acceptors (Lipinski definition) is 6. The average molecular weight is 376 g/mol. The van der Waals surface area contributed by atoms with Gasteiger partial charge in [-0.25, -0.2) is 9.78 Å². The van der Waals surface area contributed by atoms with Crippen LogP contribution in [0.5, 0.6) is 0 Å². The highest BCUT2D eigenvalue weighted by Crippen LogP contribution is 2.16. The normalized spacial score (nSPS) is 10.1. The van der Waals surface area contributed by atoms with E-state index in [1.54, 1.807) is 13.8 Å². The molecule has 0 fully saturated rings. The predicted octanol–water partition coefficient (Wildman–Crippen LogP) is 2.43. The number of nitrogens with zero attached hydrogens (tertiary/aromatic N) is 2. The zero-order valence-corrected chi connectivity index (χ0v) is 15.3. The SMILES string of the molecule is CCOC(=O)Cn1cnc(NC(=S)Nc2ccccc2)c1C(=O)OCC. The molecular weight excluding hydrogens is 356 g/mol. The van der Waals surface area contributed by atoms with E-state index in [4.69, 9.17) is 21.7 Å². The van der Waals surface area contributed by atoms with Gasteiger partial charge in [0.25, 0.3) is 0 Å². The van der Waals surface area contributed by atoms with E-state index in [0.29, 0.717) is 0 Å². The van der Waals surface area contributed by atoms with Crippen LogP contribution >= 0.6 is 12.2 Å². The molecule has 0 amide bonds. The Morgan fingerprint density at radius 1 is 1.12 bits per heavy atom. The summed E-state index contributed by atoms with van der Waals surface area (Å²) in [5.74, 6) is -0.896. The van der Waals surface area contributed by atoms with Crippen LogP contribution in [-0.2, 0) is 20.8 Å². The van der Waals surface area contributed by atoms with Crippen molar-refractivity contribution in [3.05, 3.63) is 42.4 Å². The summed E-state index contributed by atoms with van der Waals surface area (Å²) >= 11 is 5.25. The van der Waals surface area contributed by atoms with Gasteiger partial charge in [-0.2, -0.15) is 0 Å². The highest BCUT2D eigenvalue weighted by Gasteiger charge is 2.22. The first-order valence-electron chi connectivity index (χ1n) is 8.06. The van der Waals surface area contributed by atoms with Gasteiger partial charge in [-0.05, 0) is 38.2 Å². The molecule has 0 bridgehead atoms. The van der Waals surface area contributed by atoms with Crippen molar-refractivity contribution in [3.63, 3.8) is 0 Å². The van der Waals surface area contributed by atoms with E-state index in [0.717, 1.165) is 5.69 Å². The number of para-hydroxylation sites is 1. The molecule has 0 radical (unpaired) electrons. The molecule has 2 N–H and O–H groups in total. The second-order valence-corrected chi connectivity index (χ2v) is 5.45. The standard InChI is InChI=1S/C17H20N4O4S/c1-3-24-13(22)10-21-11-18-15(14(21)16(23)25-4-2)20-17(26)19-12-8-6-5-7-9-12/h5-9,11H,3-4,10H2,1-2H3,(H2,19,20,26). The number of anilines is 2. The van der Waals surface area contributed by atoms with Crippen LogP contribution in [0.15, 0.2) is 36.7 Å². The average Bonchev–Trinajstić information content (AvgIpc) is 2.98. The number of imidazole rings is 1. The van der Waals surface area contributed by atoms with E-state index in [2.05, 4.69) is 15.6 Å². The minimum absolute atomic E-state index is 0.0946. The number of carbonyl (C=O) groups is 2. The van der Waals surface area contributed by atoms with E-state index >= 15 is 0 Å². The maximum Gasteiger partial charge on any atom is 0.358 e. The summed E-state index contributed by atoms with van der Waals surface area (Å²) in [6.07, 6.45) is 1.36. The van der Waals surface area contributed by atoms with Crippen molar-refractivity contribution in [1.82, 2.24) is 9.55 Å². The molecule has 0 spiro atoms. The Morgan fingerprint density at radius 3 is 2.46 bits per heavy atom. The Morgan fingerprint density at radius 2 is 1.81 bits per heavy atom. The van der Waals surface area contributed by atoms with Gasteiger partial charge in [0.2, 0.25) is 0 Å². The van der Waals surface area contributed by atoms with Crippen LogP contribution < -0.4 is 10.6 Å². The number of aromatic nitrogens is 2. The molecule has 26 heavy (non-hydrogen) atoms. The molecule has 0 unspecified atom stereocenters. The number of benzene rings is 1. The lowest BCUT2D eigenvalue weighted by atomic mass is 10.3. The summed E-state index contributed by atoms with van der Waals surface area (Å²) in [5.41, 5.74) is 0.880. The van der Waals surface area contributed by atoms with Crippen molar-refractivity contribution in [2.24, 2.45) is 0 Å². The molecule has 9 heteroatoms. The first-order chi connectivity index (χ1) is 12.5. The van der Waals surface area contributed by atoms with Gasteiger partial charge in [-0.1, -0.05) is 18.2 Å². The number of rotatable bonds is 7. The lowest BCUT2D eigenvalue weighted by Gasteiger charge is -2.11. The van der Waals surface area contributed by atoms with Gasteiger partial charge in [-0.15, -0.1) is 0 Å². The quantitative estimate of drug-likeness (QED) is 0.562. The highest BCUT2D eigenvalue weighted by molar-refractivity contribution is 7.80. The number of hydrogen-bond donors (Lipinski definition) is 2. The molecule has 0 aliphatic rings. The molecule has 138 valence electrons. The van der Waals surface area contributed by atoms with Gasteiger partial charge in [0.05, 0.1) is 19.5 Å². The van der Waals surface area contributed by atoms with Crippen molar-refractivity contribution in [2.75, 3.05) is 23.8 Å². The Balaban J connectivity index is 2.18. The summed E-state index contributed by atoms with van der Waals surface area (Å²) in [4.78, 5) is 28.2. The fourth-order valence-corrected chi connectivity index (χ4v) is 2.36. The van der Waals surface area contributed by atoms with Crippen LogP contribution in [0.1, 0.15) is 24.3 Å². The Labute approximate surface area is 156 Å². The van der Waals surface area contributed by atoms with Crippen molar-refractivity contribution < 1.29 is 19.1 Å². The van der Waals surface area contributed by atoms with Crippen LogP contribution in [0.3, 0.4) is 0 Å². The van der Waals surface area contributed by atoms with Gasteiger partial charge >= 0.3 is 11.9 Å². The third kappa shape index (κ3) is 5.28. The maximum atomic E-state index is 12.3. The minimum Gasteiger partial charge on any atom is -0.465 e. The summed E-state index contributed by atoms with van der Waals surface area (Å²) in [6.45, 7) is 3.68. The molecule has 2 rings (SSSR count). The first kappa shape index (κ1) is 19.4. The van der Waals surface area contributed by atoms with E-state index in [-0.39, 0.29) is 36.4 Å². The monoisotopic (exact) mass is 376 g/mol. The fraction of sp³-hybridized carbons (Fsp3) is 0.294. The van der Waals surface area contributed by atoms with Crippen molar-refractivity contribution in [3.8, 4) is 0 Å². The Bertz CT molecular complexity index is 776. The summed E-state index contributed by atoms with van der Waals surface area (Å²) in [6, 6.07) is 9.31. The van der Waals surface area contributed by atoms with E-state index in [1.165, 1.54) is 10.9 Å². The smallest absolute Gasteiger partial charge is 0.358 e. The third-order valence-corrected chi connectivity index (χ3v) is 3.38. The third-order valence-electron chi connectivity index (χ3n) is 3.17. The van der Waals surface area contributed by atoms with Crippen molar-refractivity contribution in [1.29, 1.82) is 0 Å². The number of carbonyl (C=O) groups excluding carboxylic acids is 2. The lowest BCUT2D eigenvalue weighted by molar-refractivity contribution is -0.143. The molecule has 0 saturated heterocycles. The van der Waals surface area contributed by atoms with Crippen molar-refractivity contribution >= 4 is 40.8 Å². The molecule has 0 aliphatic carbocycles. The second-order valence-electron chi connectivity index (χ2n) is 5.04. The van der Waals surface area contributed by atoms with Crippen LogP contribution in [0, 0.1) is 0 Å². The van der Waals surface area contributed by atoms with E-state index < -0.39 is 11.9 Å². The molecule has 0 saturated carbocycles. The molecule has 2 aromatic rings. The molecule has 0 aliphatic heterocycles. The molecule has 0 atom stereocenters. The zero-order valence-electron chi connectivity index (χ0n) is 14.5. The van der Waals surface area contributed by atoms with Gasteiger partial charge in [0.15, 0.2) is 16.6 Å². The fourth-order valence-electron chi connectivity index (χ4n) is 2.14. The van der Waals surface area contributed by atoms with Crippen LogP contribution in [0.2, 0.25) is 0 Å². The van der Waals surface area contributed by atoms with Crippen LogP contribution in [0.4, 0.5) is 11.5 Å². The topological polar surface area (TPSA) is 94.5 Å². The van der Waals surface area contributed by atoms with Gasteiger partial charge in [-0.3, -0.25) is 4.79 Å².